The number of nitrogens with one attached hydrogen (secondary N) is 2. The Hall–Kier alpha value is 1.49. The van der Waals surface area contributed by atoms with Gasteiger partial charge in [-0.1, -0.05) is 26.7 Å². The van der Waals surface area contributed by atoms with Crippen LogP contribution >= 0.6 is 0 Å². The van der Waals surface area contributed by atoms with Crippen LogP contribution < -0.4 is 0 Å². The summed E-state index contributed by atoms with van der Waals surface area (Å²) in [7, 11) is 0. The Kier molecular flexibility index (Phi) is 42.5. The van der Waals surface area contributed by atoms with E-state index in [4.69, 9.17) is 11.5 Å². The summed E-state index contributed by atoms with van der Waals surface area (Å²) in [5, 5.41) is 0. The minimum atomic E-state index is 0. The maximum absolute atomic E-state index is 6.45. The number of rotatable bonds is 2. The van der Waals surface area contributed by atoms with Crippen LogP contribution in [0, 0.1) is 0 Å². The number of hydrogen-bond donors (Lipinski definition) is 0. The van der Waals surface area contributed by atoms with E-state index < -0.39 is 0 Å². The maximum Gasteiger partial charge on any atom is 2.00 e. The Morgan fingerprint density at radius 2 is 1.00 bits per heavy atom. The molecule has 0 unspecified atom stereocenters. The summed E-state index contributed by atoms with van der Waals surface area (Å²) >= 11 is 0. The van der Waals surface area contributed by atoms with E-state index in [2.05, 4.69) is 0 Å². The van der Waals surface area contributed by atoms with Crippen molar-refractivity contribution in [2.45, 2.75) is 26.7 Å². The van der Waals surface area contributed by atoms with E-state index in [0.29, 0.717) is 13.1 Å². The SMILES string of the molecule is CCC[NH-].CCC[NH-].[Ba+2]. The van der Waals surface area contributed by atoms with E-state index >= 15 is 0 Å². The van der Waals surface area contributed by atoms with Crippen molar-refractivity contribution in [1.29, 1.82) is 0 Å². The second-order valence-corrected chi connectivity index (χ2v) is 1.50. The first kappa shape index (κ1) is 16.8. The molecule has 9 heavy (non-hydrogen) atoms. The van der Waals surface area contributed by atoms with Crippen LogP contribution in [-0.4, -0.2) is 62.0 Å². The van der Waals surface area contributed by atoms with Gasteiger partial charge >= 0.3 is 48.9 Å². The molecule has 0 rings (SSSR count). The molecule has 0 saturated heterocycles. The van der Waals surface area contributed by atoms with Gasteiger partial charge in [0.1, 0.15) is 0 Å². The van der Waals surface area contributed by atoms with Crippen LogP contribution in [0.3, 0.4) is 0 Å². The third-order valence-corrected chi connectivity index (χ3v) is 0.500. The van der Waals surface area contributed by atoms with Crippen molar-refractivity contribution in [2.75, 3.05) is 13.1 Å². The zero-order valence-electron chi connectivity index (χ0n) is 6.54. The molecule has 0 aliphatic heterocycles. The minimum absolute atomic E-state index is 0. The predicted molar refractivity (Wildman–Crippen MR) is 44.7 cm³/mol. The van der Waals surface area contributed by atoms with Gasteiger partial charge in [-0.05, 0) is 0 Å². The predicted octanol–water partition coefficient (Wildman–Crippen LogP) is 2.52. The summed E-state index contributed by atoms with van der Waals surface area (Å²) < 4.78 is 0. The quantitative estimate of drug-likeness (QED) is 0.679. The molecule has 2 N–H and O–H groups in total. The normalized spacial score (nSPS) is 6.67. The molecule has 0 amide bonds. The Balaban J connectivity index is -0.0000000720. The van der Waals surface area contributed by atoms with Crippen LogP contribution in [0.2, 0.25) is 0 Å². The summed E-state index contributed by atoms with van der Waals surface area (Å²) in [5.41, 5.74) is 12.9. The van der Waals surface area contributed by atoms with Crippen molar-refractivity contribution in [3.8, 4) is 0 Å². The van der Waals surface area contributed by atoms with Gasteiger partial charge in [0.05, 0.1) is 0 Å². The largest absolute Gasteiger partial charge is 2.00 e. The molecule has 0 aliphatic carbocycles. The molecule has 3 heteroatoms. The Labute approximate surface area is 98.8 Å². The monoisotopic (exact) mass is 254 g/mol. The van der Waals surface area contributed by atoms with E-state index in [0.717, 1.165) is 12.8 Å². The molecule has 0 fully saturated rings. The van der Waals surface area contributed by atoms with E-state index in [1.165, 1.54) is 0 Å². The van der Waals surface area contributed by atoms with E-state index in [1.807, 2.05) is 13.8 Å². The molecule has 0 aromatic rings. The zero-order chi connectivity index (χ0) is 6.83. The topological polar surface area (TPSA) is 47.6 Å². The molecular formula is C6H16BaN2. The molecule has 0 radical (unpaired) electrons. The van der Waals surface area contributed by atoms with Gasteiger partial charge in [0.25, 0.3) is 0 Å². The van der Waals surface area contributed by atoms with Crippen LogP contribution in [0.25, 0.3) is 11.5 Å². The summed E-state index contributed by atoms with van der Waals surface area (Å²) in [5.74, 6) is 0. The van der Waals surface area contributed by atoms with Crippen molar-refractivity contribution in [3.05, 3.63) is 11.5 Å². The second kappa shape index (κ2) is 22.7. The Morgan fingerprint density at radius 1 is 0.889 bits per heavy atom. The smallest absolute Gasteiger partial charge is 0.677 e. The van der Waals surface area contributed by atoms with Crippen LogP contribution in [0.1, 0.15) is 26.7 Å². The van der Waals surface area contributed by atoms with Crippen molar-refractivity contribution < 1.29 is 0 Å². The van der Waals surface area contributed by atoms with Gasteiger partial charge in [-0.3, -0.25) is 0 Å². The van der Waals surface area contributed by atoms with Gasteiger partial charge in [-0.2, -0.15) is 13.1 Å². The molecule has 0 heterocycles. The fraction of sp³-hybridized carbons (Fsp3) is 1.00. The molecule has 52 valence electrons. The van der Waals surface area contributed by atoms with Gasteiger partial charge in [0, 0.05) is 0 Å². The summed E-state index contributed by atoms with van der Waals surface area (Å²) in [6, 6.07) is 0. The second-order valence-electron chi connectivity index (χ2n) is 1.50. The van der Waals surface area contributed by atoms with Gasteiger partial charge < -0.3 is 11.5 Å². The first-order valence-corrected chi connectivity index (χ1v) is 3.12. The van der Waals surface area contributed by atoms with Gasteiger partial charge in [-0.25, -0.2) is 0 Å². The van der Waals surface area contributed by atoms with Crippen molar-refractivity contribution >= 4 is 48.9 Å². The van der Waals surface area contributed by atoms with Crippen molar-refractivity contribution in [3.63, 3.8) is 0 Å². The molecule has 0 aliphatic rings. The molecule has 0 saturated carbocycles. The van der Waals surface area contributed by atoms with Gasteiger partial charge in [0.15, 0.2) is 0 Å². The summed E-state index contributed by atoms with van der Waals surface area (Å²) in [4.78, 5) is 0. The van der Waals surface area contributed by atoms with Gasteiger partial charge in [-0.15, -0.1) is 0 Å². The summed E-state index contributed by atoms with van der Waals surface area (Å²) in [6.45, 7) is 5.12. The standard InChI is InChI=1S/2C3H8N.Ba/c2*1-2-3-4;/h2*4H,2-3H2,1H3;/q2*-1;+2. The van der Waals surface area contributed by atoms with Gasteiger partial charge in [0.2, 0.25) is 0 Å². The van der Waals surface area contributed by atoms with Crippen molar-refractivity contribution in [2.24, 2.45) is 0 Å². The fourth-order valence-electron chi connectivity index (χ4n) is 0. The first-order chi connectivity index (χ1) is 3.83. The van der Waals surface area contributed by atoms with E-state index in [9.17, 15) is 0 Å². The molecule has 0 bridgehead atoms. The third kappa shape index (κ3) is 43.7. The molecule has 2 nitrogen and oxygen atoms in total. The zero-order valence-corrected chi connectivity index (χ0v) is 11.0. The molecule has 0 spiro atoms. The van der Waals surface area contributed by atoms with Crippen LogP contribution in [0.15, 0.2) is 0 Å². The Bertz CT molecular complexity index is 19.0. The maximum atomic E-state index is 6.45. The average Bonchev–Trinajstić information content (AvgIpc) is 1.88. The van der Waals surface area contributed by atoms with E-state index in [-0.39, 0.29) is 48.9 Å². The first-order valence-electron chi connectivity index (χ1n) is 3.12. The minimum Gasteiger partial charge on any atom is -0.677 e. The van der Waals surface area contributed by atoms with E-state index in [1.54, 1.807) is 0 Å². The van der Waals surface area contributed by atoms with Crippen LogP contribution in [-0.2, 0) is 0 Å². The van der Waals surface area contributed by atoms with Crippen molar-refractivity contribution in [1.82, 2.24) is 0 Å². The molecule has 0 aromatic carbocycles. The summed E-state index contributed by atoms with van der Waals surface area (Å²) in [6.07, 6.45) is 1.97. The molecule has 0 aromatic heterocycles. The number of hydrogen-bond acceptors (Lipinski definition) is 0. The Morgan fingerprint density at radius 3 is 1.00 bits per heavy atom. The average molecular weight is 254 g/mol. The fourth-order valence-corrected chi connectivity index (χ4v) is 0. The molecular weight excluding hydrogens is 237 g/mol. The third-order valence-electron chi connectivity index (χ3n) is 0.500. The van der Waals surface area contributed by atoms with Crippen LogP contribution in [0.5, 0.6) is 0 Å². The molecule has 0 atom stereocenters. The van der Waals surface area contributed by atoms with Crippen LogP contribution in [0.4, 0.5) is 0 Å².